The zero-order chi connectivity index (χ0) is 23.7. The van der Waals surface area contributed by atoms with Crippen molar-refractivity contribution in [2.45, 2.75) is 43.7 Å². The second kappa shape index (κ2) is 9.23. The Bertz CT molecular complexity index is 1370. The van der Waals surface area contributed by atoms with E-state index < -0.39 is 15.9 Å². The fraction of sp³-hybridized carbons (Fsp3) is 0.292. The van der Waals surface area contributed by atoms with Crippen molar-refractivity contribution in [3.8, 4) is 0 Å². The summed E-state index contributed by atoms with van der Waals surface area (Å²) >= 11 is 6.50. The average Bonchev–Trinajstić information content (AvgIpc) is 3.21. The zero-order valence-corrected chi connectivity index (χ0v) is 20.0. The van der Waals surface area contributed by atoms with Crippen LogP contribution in [0, 0.1) is 0 Å². The fourth-order valence-corrected chi connectivity index (χ4v) is 5.90. The van der Waals surface area contributed by atoms with Crippen LogP contribution < -0.4 is 10.2 Å². The van der Waals surface area contributed by atoms with Crippen molar-refractivity contribution in [2.24, 2.45) is 4.40 Å². The van der Waals surface area contributed by atoms with E-state index in [0.29, 0.717) is 31.0 Å². The summed E-state index contributed by atoms with van der Waals surface area (Å²) in [6.07, 6.45) is 7.06. The second-order valence-corrected chi connectivity index (χ2v) is 10.4. The molecule has 176 valence electrons. The molecule has 2 aliphatic heterocycles. The number of halogens is 1. The summed E-state index contributed by atoms with van der Waals surface area (Å²) in [7, 11) is -3.91. The van der Waals surface area contributed by atoms with Crippen LogP contribution >= 0.6 is 11.6 Å². The van der Waals surface area contributed by atoms with Gasteiger partial charge in [-0.15, -0.1) is 4.40 Å². The summed E-state index contributed by atoms with van der Waals surface area (Å²) in [6, 6.07) is 12.6. The highest BCUT2D eigenvalue weighted by Crippen LogP contribution is 2.37. The maximum atomic E-state index is 13.0. The molecule has 10 heteroatoms. The predicted octanol–water partition coefficient (Wildman–Crippen LogP) is 4.00. The number of hydrogen-bond donors (Lipinski definition) is 1. The van der Waals surface area contributed by atoms with Gasteiger partial charge in [0.05, 0.1) is 22.8 Å². The van der Waals surface area contributed by atoms with Gasteiger partial charge in [0.1, 0.15) is 10.7 Å². The zero-order valence-electron chi connectivity index (χ0n) is 18.4. The van der Waals surface area contributed by atoms with Gasteiger partial charge < -0.3 is 10.2 Å². The molecule has 2 aliphatic rings. The summed E-state index contributed by atoms with van der Waals surface area (Å²) in [5.74, 6) is 0.106. The monoisotopic (exact) mass is 497 g/mol. The van der Waals surface area contributed by atoms with Gasteiger partial charge in [-0.25, -0.2) is 0 Å². The first-order chi connectivity index (χ1) is 16.4. The molecule has 0 saturated carbocycles. The van der Waals surface area contributed by atoms with Crippen molar-refractivity contribution in [3.63, 3.8) is 0 Å². The molecule has 1 aromatic heterocycles. The average molecular weight is 498 g/mol. The molecule has 1 fully saturated rings. The fourth-order valence-electron chi connectivity index (χ4n) is 4.39. The van der Waals surface area contributed by atoms with E-state index in [1.807, 2.05) is 46.1 Å². The van der Waals surface area contributed by atoms with Gasteiger partial charge in [0, 0.05) is 31.9 Å². The summed E-state index contributed by atoms with van der Waals surface area (Å²) < 4.78 is 31.7. The van der Waals surface area contributed by atoms with E-state index in [2.05, 4.69) is 14.8 Å². The van der Waals surface area contributed by atoms with Crippen LogP contribution in [0.25, 0.3) is 0 Å². The lowest BCUT2D eigenvalue weighted by molar-refractivity contribution is 0.0951. The number of benzene rings is 2. The van der Waals surface area contributed by atoms with Gasteiger partial charge in [0.15, 0.2) is 0 Å². The number of sulfonamides is 1. The second-order valence-electron chi connectivity index (χ2n) is 8.40. The molecule has 1 saturated heterocycles. The van der Waals surface area contributed by atoms with Crippen molar-refractivity contribution in [3.05, 3.63) is 76.6 Å². The highest BCUT2D eigenvalue weighted by atomic mass is 35.5. The van der Waals surface area contributed by atoms with Crippen LogP contribution in [-0.2, 0) is 23.1 Å². The van der Waals surface area contributed by atoms with Crippen LogP contribution in [0.15, 0.2) is 64.2 Å². The van der Waals surface area contributed by atoms with Crippen molar-refractivity contribution >= 4 is 39.1 Å². The lowest BCUT2D eigenvalue weighted by Gasteiger charge is -2.30. The third-order valence-electron chi connectivity index (χ3n) is 6.13. The van der Waals surface area contributed by atoms with Crippen molar-refractivity contribution in [1.29, 1.82) is 0 Å². The Labute approximate surface area is 203 Å². The van der Waals surface area contributed by atoms with E-state index in [9.17, 15) is 13.2 Å². The Hall–Kier alpha value is -3.17. The first-order valence-corrected chi connectivity index (χ1v) is 13.0. The number of anilines is 1. The van der Waals surface area contributed by atoms with Crippen LogP contribution in [-0.4, -0.2) is 36.5 Å². The number of nitrogens with zero attached hydrogens (tertiary/aromatic N) is 4. The number of carbonyl (C=O) groups is 1. The maximum Gasteiger partial charge on any atom is 0.286 e. The van der Waals surface area contributed by atoms with Crippen molar-refractivity contribution in [1.82, 2.24) is 15.1 Å². The summed E-state index contributed by atoms with van der Waals surface area (Å²) in [4.78, 5) is 15.0. The van der Waals surface area contributed by atoms with E-state index in [1.54, 1.807) is 12.3 Å². The molecular formula is C24H24ClN5O3S. The predicted molar refractivity (Wildman–Crippen MR) is 131 cm³/mol. The molecule has 8 nitrogen and oxygen atoms in total. The van der Waals surface area contributed by atoms with Crippen LogP contribution in [0.1, 0.15) is 47.2 Å². The number of amidine groups is 1. The molecule has 0 aliphatic carbocycles. The number of rotatable bonds is 5. The third-order valence-corrected chi connectivity index (χ3v) is 7.78. The minimum absolute atomic E-state index is 0.0202. The number of carbonyl (C=O) groups excluding carboxylic acids is 1. The lowest BCUT2D eigenvalue weighted by Crippen LogP contribution is -2.35. The molecule has 3 heterocycles. The van der Waals surface area contributed by atoms with Crippen LogP contribution in [0.2, 0.25) is 5.02 Å². The molecule has 5 rings (SSSR count). The van der Waals surface area contributed by atoms with Gasteiger partial charge in [-0.2, -0.15) is 13.5 Å². The van der Waals surface area contributed by atoms with Crippen LogP contribution in [0.5, 0.6) is 0 Å². The third kappa shape index (κ3) is 4.45. The summed E-state index contributed by atoms with van der Waals surface area (Å²) in [5.41, 5.74) is 2.57. The number of amides is 1. The molecule has 0 spiro atoms. The minimum atomic E-state index is -3.91. The van der Waals surface area contributed by atoms with Crippen LogP contribution in [0.3, 0.4) is 0 Å². The van der Waals surface area contributed by atoms with E-state index in [1.165, 1.54) is 6.07 Å². The SMILES string of the molecule is O=C(NCc1ccccc1Cn1cccn1)c1cc2c(cc1Cl)N1CCCCCC1=NS2(=O)=O. The number of hydrogen-bond acceptors (Lipinski definition) is 5. The molecule has 1 N–H and O–H groups in total. The minimum Gasteiger partial charge on any atom is -0.348 e. The van der Waals surface area contributed by atoms with Gasteiger partial charge in [-0.1, -0.05) is 42.3 Å². The highest BCUT2D eigenvalue weighted by Gasteiger charge is 2.33. The Morgan fingerprint density at radius 1 is 1.09 bits per heavy atom. The smallest absolute Gasteiger partial charge is 0.286 e. The largest absolute Gasteiger partial charge is 0.348 e. The molecule has 0 unspecified atom stereocenters. The lowest BCUT2D eigenvalue weighted by atomic mass is 10.1. The van der Waals surface area contributed by atoms with Gasteiger partial charge in [-0.05, 0) is 42.2 Å². The first kappa shape index (κ1) is 22.6. The van der Waals surface area contributed by atoms with E-state index in [4.69, 9.17) is 11.6 Å². The molecular weight excluding hydrogens is 474 g/mol. The number of nitrogens with one attached hydrogen (secondary N) is 1. The molecule has 0 radical (unpaired) electrons. The number of aromatic nitrogens is 2. The molecule has 2 aromatic carbocycles. The summed E-state index contributed by atoms with van der Waals surface area (Å²) in [6.45, 7) is 1.52. The van der Waals surface area contributed by atoms with Gasteiger partial charge >= 0.3 is 0 Å². The van der Waals surface area contributed by atoms with Gasteiger partial charge in [0.2, 0.25) is 0 Å². The standard InChI is InChI=1S/C24H24ClN5O3S/c25-20-14-21-22(34(32,33)28-23-9-2-1-5-12-30(21)23)13-19(20)24(31)26-15-17-7-3-4-8-18(17)16-29-11-6-10-27-29/h3-4,6-8,10-11,13-14H,1-2,5,9,12,15-16H2,(H,26,31). The maximum absolute atomic E-state index is 13.0. The Kier molecular flexibility index (Phi) is 6.14. The van der Waals surface area contributed by atoms with Gasteiger partial charge in [0.25, 0.3) is 15.9 Å². The molecule has 1 amide bonds. The summed E-state index contributed by atoms with van der Waals surface area (Å²) in [5, 5.41) is 7.33. The van der Waals surface area contributed by atoms with E-state index in [0.717, 1.165) is 30.4 Å². The first-order valence-electron chi connectivity index (χ1n) is 11.2. The Morgan fingerprint density at radius 2 is 1.91 bits per heavy atom. The molecule has 0 bridgehead atoms. The Morgan fingerprint density at radius 3 is 2.71 bits per heavy atom. The molecule has 3 aromatic rings. The van der Waals surface area contributed by atoms with Crippen molar-refractivity contribution < 1.29 is 13.2 Å². The highest BCUT2D eigenvalue weighted by molar-refractivity contribution is 7.90. The number of fused-ring (bicyclic) bond motifs is 3. The Balaban J connectivity index is 1.40. The topological polar surface area (TPSA) is 96.7 Å². The normalized spacial score (nSPS) is 16.7. The quantitative estimate of drug-likeness (QED) is 0.574. The van der Waals surface area contributed by atoms with Gasteiger partial charge in [-0.3, -0.25) is 9.48 Å². The molecule has 34 heavy (non-hydrogen) atoms. The van der Waals surface area contributed by atoms with Crippen LogP contribution in [0.4, 0.5) is 5.69 Å². The van der Waals surface area contributed by atoms with Crippen molar-refractivity contribution in [2.75, 3.05) is 11.4 Å². The van der Waals surface area contributed by atoms with E-state index >= 15 is 0 Å². The molecule has 0 atom stereocenters. The van der Waals surface area contributed by atoms with E-state index in [-0.39, 0.29) is 22.0 Å².